The van der Waals surface area contributed by atoms with Crippen molar-refractivity contribution < 1.29 is 14.8 Å². The zero-order chi connectivity index (χ0) is 12.4. The second-order valence-electron chi connectivity index (χ2n) is 4.06. The van der Waals surface area contributed by atoms with Gasteiger partial charge in [-0.25, -0.2) is 0 Å². The van der Waals surface area contributed by atoms with Crippen LogP contribution >= 0.6 is 0 Å². The molecule has 1 heterocycles. The summed E-state index contributed by atoms with van der Waals surface area (Å²) in [5, 5.41) is 22.7. The quantitative estimate of drug-likeness (QED) is 0.603. The highest BCUT2D eigenvalue weighted by Gasteiger charge is 2.34. The summed E-state index contributed by atoms with van der Waals surface area (Å²) in [4.78, 5) is 21.2. The Kier molecular flexibility index (Phi) is 3.06. The standard InChI is InChI=1S/C11H12N2O4/c14-11(15)10-6-12-5-9(10)7-2-1-3-8(4-7)13(16)17/h1-4,9-10,12H,5-6H2,(H,14,15)/t9-,10+/m0/s1. The maximum atomic E-state index is 11.0. The van der Waals surface area contributed by atoms with E-state index in [4.69, 9.17) is 5.11 Å². The van der Waals surface area contributed by atoms with Gasteiger partial charge in [0.25, 0.3) is 5.69 Å². The molecule has 1 fully saturated rings. The Hall–Kier alpha value is -1.95. The molecule has 0 bridgehead atoms. The summed E-state index contributed by atoms with van der Waals surface area (Å²) in [6.45, 7) is 0.945. The molecule has 2 N–H and O–H groups in total. The fraction of sp³-hybridized carbons (Fsp3) is 0.364. The van der Waals surface area contributed by atoms with Crippen LogP contribution in [-0.2, 0) is 4.79 Å². The lowest BCUT2D eigenvalue weighted by Gasteiger charge is -2.14. The number of hydrogen-bond donors (Lipinski definition) is 2. The average Bonchev–Trinajstić information content (AvgIpc) is 2.78. The Balaban J connectivity index is 2.30. The van der Waals surface area contributed by atoms with E-state index in [1.165, 1.54) is 12.1 Å². The second kappa shape index (κ2) is 4.50. The van der Waals surface area contributed by atoms with Crippen molar-refractivity contribution in [3.63, 3.8) is 0 Å². The normalized spacial score (nSPS) is 23.5. The smallest absolute Gasteiger partial charge is 0.308 e. The van der Waals surface area contributed by atoms with Gasteiger partial charge in [0.05, 0.1) is 10.8 Å². The molecule has 0 unspecified atom stereocenters. The lowest BCUT2D eigenvalue weighted by molar-refractivity contribution is -0.384. The molecule has 0 aliphatic carbocycles. The van der Waals surface area contributed by atoms with Crippen molar-refractivity contribution in [3.8, 4) is 0 Å². The number of benzene rings is 1. The predicted octanol–water partition coefficient (Wildman–Crippen LogP) is 0.982. The van der Waals surface area contributed by atoms with Crippen molar-refractivity contribution in [2.75, 3.05) is 13.1 Å². The topological polar surface area (TPSA) is 92.5 Å². The van der Waals surface area contributed by atoms with Gasteiger partial charge in [-0.3, -0.25) is 14.9 Å². The van der Waals surface area contributed by atoms with Crippen LogP contribution in [0.3, 0.4) is 0 Å². The van der Waals surface area contributed by atoms with Crippen molar-refractivity contribution in [2.24, 2.45) is 5.92 Å². The van der Waals surface area contributed by atoms with Crippen molar-refractivity contribution >= 4 is 11.7 Å². The molecule has 0 radical (unpaired) electrons. The largest absolute Gasteiger partial charge is 0.481 e. The maximum absolute atomic E-state index is 11.0. The first-order valence-electron chi connectivity index (χ1n) is 5.27. The molecule has 2 atom stereocenters. The minimum Gasteiger partial charge on any atom is -0.481 e. The van der Waals surface area contributed by atoms with Gasteiger partial charge in [0, 0.05) is 31.1 Å². The molecule has 1 aromatic carbocycles. The molecule has 1 aliphatic heterocycles. The Bertz CT molecular complexity index is 461. The first kappa shape index (κ1) is 11.5. The second-order valence-corrected chi connectivity index (χ2v) is 4.06. The Labute approximate surface area is 97.4 Å². The van der Waals surface area contributed by atoms with Crippen molar-refractivity contribution in [3.05, 3.63) is 39.9 Å². The number of aliphatic carboxylic acids is 1. The van der Waals surface area contributed by atoms with Gasteiger partial charge in [-0.2, -0.15) is 0 Å². The van der Waals surface area contributed by atoms with E-state index in [9.17, 15) is 14.9 Å². The number of hydrogen-bond acceptors (Lipinski definition) is 4. The molecule has 1 saturated heterocycles. The van der Waals surface area contributed by atoms with Crippen LogP contribution in [0.5, 0.6) is 0 Å². The number of nitro benzene ring substituents is 1. The molecule has 6 heteroatoms. The lowest BCUT2D eigenvalue weighted by Crippen LogP contribution is -2.21. The number of non-ortho nitro benzene ring substituents is 1. The van der Waals surface area contributed by atoms with Gasteiger partial charge in [0.2, 0.25) is 0 Å². The third-order valence-corrected chi connectivity index (χ3v) is 3.04. The number of rotatable bonds is 3. The van der Waals surface area contributed by atoms with Crippen LogP contribution in [0.4, 0.5) is 5.69 Å². The van der Waals surface area contributed by atoms with Crippen molar-refractivity contribution in [1.29, 1.82) is 0 Å². The molecule has 0 spiro atoms. The maximum Gasteiger partial charge on any atom is 0.308 e. The molecule has 90 valence electrons. The number of nitrogens with zero attached hydrogens (tertiary/aromatic N) is 1. The summed E-state index contributed by atoms with van der Waals surface area (Å²) in [6.07, 6.45) is 0. The van der Waals surface area contributed by atoms with E-state index in [1.54, 1.807) is 12.1 Å². The van der Waals surface area contributed by atoms with Gasteiger partial charge in [0.1, 0.15) is 0 Å². The van der Waals surface area contributed by atoms with Gasteiger partial charge in [0.15, 0.2) is 0 Å². The van der Waals surface area contributed by atoms with Crippen LogP contribution in [0.2, 0.25) is 0 Å². The first-order chi connectivity index (χ1) is 8.09. The molecular formula is C11H12N2O4. The van der Waals surface area contributed by atoms with Crippen LogP contribution in [0.1, 0.15) is 11.5 Å². The Morgan fingerprint density at radius 1 is 1.47 bits per heavy atom. The van der Waals surface area contributed by atoms with Gasteiger partial charge >= 0.3 is 5.97 Å². The number of carboxylic acids is 1. The van der Waals surface area contributed by atoms with Crippen LogP contribution in [0.25, 0.3) is 0 Å². The van der Waals surface area contributed by atoms with E-state index >= 15 is 0 Å². The van der Waals surface area contributed by atoms with E-state index < -0.39 is 16.8 Å². The van der Waals surface area contributed by atoms with Gasteiger partial charge in [-0.1, -0.05) is 12.1 Å². The minimum atomic E-state index is -0.869. The number of carboxylic acid groups (broad SMARTS) is 1. The third kappa shape index (κ3) is 2.26. The molecule has 0 saturated carbocycles. The molecule has 1 aromatic rings. The van der Waals surface area contributed by atoms with Crippen molar-refractivity contribution in [1.82, 2.24) is 5.32 Å². The van der Waals surface area contributed by atoms with E-state index in [0.29, 0.717) is 18.7 Å². The summed E-state index contributed by atoms with van der Waals surface area (Å²) in [5.74, 6) is -1.59. The van der Waals surface area contributed by atoms with Crippen LogP contribution < -0.4 is 5.32 Å². The minimum absolute atomic E-state index is 0.00135. The zero-order valence-corrected chi connectivity index (χ0v) is 9.00. The molecule has 0 amide bonds. The van der Waals surface area contributed by atoms with Crippen LogP contribution in [-0.4, -0.2) is 29.1 Å². The van der Waals surface area contributed by atoms with E-state index in [2.05, 4.69) is 5.32 Å². The van der Waals surface area contributed by atoms with E-state index in [-0.39, 0.29) is 11.6 Å². The summed E-state index contributed by atoms with van der Waals surface area (Å²) in [5.41, 5.74) is 0.704. The van der Waals surface area contributed by atoms with E-state index in [1.807, 2.05) is 0 Å². The highest BCUT2D eigenvalue weighted by atomic mass is 16.6. The fourth-order valence-corrected chi connectivity index (χ4v) is 2.16. The molecule has 1 aliphatic rings. The molecular weight excluding hydrogens is 224 g/mol. The predicted molar refractivity (Wildman–Crippen MR) is 59.8 cm³/mol. The molecule has 6 nitrogen and oxygen atoms in total. The van der Waals surface area contributed by atoms with Gasteiger partial charge < -0.3 is 10.4 Å². The fourth-order valence-electron chi connectivity index (χ4n) is 2.16. The van der Waals surface area contributed by atoms with Crippen molar-refractivity contribution in [2.45, 2.75) is 5.92 Å². The van der Waals surface area contributed by atoms with Gasteiger partial charge in [-0.15, -0.1) is 0 Å². The highest BCUT2D eigenvalue weighted by molar-refractivity contribution is 5.72. The summed E-state index contributed by atoms with van der Waals surface area (Å²) < 4.78 is 0. The van der Waals surface area contributed by atoms with E-state index in [0.717, 1.165) is 0 Å². The SMILES string of the molecule is O=C(O)[C@@H]1CNC[C@H]1c1cccc([N+](=O)[O-])c1. The number of carbonyl (C=O) groups is 1. The summed E-state index contributed by atoms with van der Waals surface area (Å²) in [7, 11) is 0. The lowest BCUT2D eigenvalue weighted by atomic mass is 9.89. The average molecular weight is 236 g/mol. The summed E-state index contributed by atoms with van der Waals surface area (Å²) >= 11 is 0. The highest BCUT2D eigenvalue weighted by Crippen LogP contribution is 2.30. The van der Waals surface area contributed by atoms with Crippen LogP contribution in [0, 0.1) is 16.0 Å². The molecule has 2 rings (SSSR count). The number of nitro groups is 1. The number of nitrogens with one attached hydrogen (secondary N) is 1. The van der Waals surface area contributed by atoms with Gasteiger partial charge in [-0.05, 0) is 5.56 Å². The van der Waals surface area contributed by atoms with Crippen LogP contribution in [0.15, 0.2) is 24.3 Å². The summed E-state index contributed by atoms with van der Waals surface area (Å²) in [6, 6.07) is 6.18. The Morgan fingerprint density at radius 2 is 2.24 bits per heavy atom. The molecule has 17 heavy (non-hydrogen) atoms. The Morgan fingerprint density at radius 3 is 2.88 bits per heavy atom. The zero-order valence-electron chi connectivity index (χ0n) is 9.00. The first-order valence-corrected chi connectivity index (χ1v) is 5.27. The monoisotopic (exact) mass is 236 g/mol. The third-order valence-electron chi connectivity index (χ3n) is 3.04. The molecule has 0 aromatic heterocycles.